The first-order chi connectivity index (χ1) is 12.2. The minimum atomic E-state index is -3.28. The molecule has 1 N–H and O–H groups in total. The molecular formula is C18H15FN2O3S2. The maximum atomic E-state index is 13.0. The highest BCUT2D eigenvalue weighted by molar-refractivity contribution is 7.90. The van der Waals surface area contributed by atoms with Crippen molar-refractivity contribution in [3.05, 3.63) is 64.9 Å². The highest BCUT2D eigenvalue weighted by Crippen LogP contribution is 2.28. The molecule has 0 unspecified atom stereocenters. The summed E-state index contributed by atoms with van der Waals surface area (Å²) in [4.78, 5) is 17.5. The third-order valence-electron chi connectivity index (χ3n) is 3.63. The fourth-order valence-corrected chi connectivity index (χ4v) is 3.89. The predicted molar refractivity (Wildman–Crippen MR) is 99.8 cm³/mol. The van der Waals surface area contributed by atoms with Crippen LogP contribution in [-0.2, 0) is 9.84 Å². The predicted octanol–water partition coefficient (Wildman–Crippen LogP) is 3.91. The molecule has 0 radical (unpaired) electrons. The van der Waals surface area contributed by atoms with Crippen LogP contribution in [-0.4, -0.2) is 25.6 Å². The average Bonchev–Trinajstić information content (AvgIpc) is 2.97. The third-order valence-corrected chi connectivity index (χ3v) is 5.97. The maximum Gasteiger partial charge on any atom is 0.267 e. The molecule has 0 atom stereocenters. The molecule has 1 aromatic heterocycles. The minimum Gasteiger partial charge on any atom is -0.321 e. The first-order valence-corrected chi connectivity index (χ1v) is 10.3. The molecule has 0 aliphatic heterocycles. The van der Waals surface area contributed by atoms with E-state index in [-0.39, 0.29) is 16.6 Å². The van der Waals surface area contributed by atoms with Crippen molar-refractivity contribution < 1.29 is 17.6 Å². The van der Waals surface area contributed by atoms with E-state index in [1.54, 1.807) is 19.1 Å². The molecule has 1 heterocycles. The second-order valence-corrected chi connectivity index (χ2v) is 8.71. The number of aromatic nitrogens is 1. The number of benzene rings is 2. The largest absolute Gasteiger partial charge is 0.321 e. The van der Waals surface area contributed by atoms with Gasteiger partial charge in [0.1, 0.15) is 15.7 Å². The first-order valence-electron chi connectivity index (χ1n) is 7.59. The van der Waals surface area contributed by atoms with E-state index in [0.29, 0.717) is 21.3 Å². The molecule has 1 amide bonds. The Hall–Kier alpha value is -2.58. The summed E-state index contributed by atoms with van der Waals surface area (Å²) < 4.78 is 36.0. The second kappa shape index (κ2) is 6.97. The fourth-order valence-electron chi connectivity index (χ4n) is 2.30. The molecule has 2 aromatic carbocycles. The number of hydrogen-bond acceptors (Lipinski definition) is 5. The van der Waals surface area contributed by atoms with Crippen molar-refractivity contribution in [1.29, 1.82) is 0 Å². The zero-order valence-electron chi connectivity index (χ0n) is 14.0. The van der Waals surface area contributed by atoms with Gasteiger partial charge in [-0.05, 0) is 55.5 Å². The standard InChI is InChI=1S/C18H15FN2O3S2/c1-11-16(25-18(20-11)12-3-5-13(19)6-4-12)17(22)21-14-7-9-15(10-8-14)26(2,23)24/h3-10H,1-2H3,(H,21,22). The van der Waals surface area contributed by atoms with Crippen LogP contribution in [0.25, 0.3) is 10.6 Å². The maximum absolute atomic E-state index is 13.0. The van der Waals surface area contributed by atoms with Crippen molar-refractivity contribution in [2.24, 2.45) is 0 Å². The summed E-state index contributed by atoms with van der Waals surface area (Å²) in [5.41, 5.74) is 1.79. The molecule has 0 saturated heterocycles. The Morgan fingerprint density at radius 1 is 1.08 bits per heavy atom. The number of sulfone groups is 1. The molecule has 0 saturated carbocycles. The number of carbonyl (C=O) groups is 1. The van der Waals surface area contributed by atoms with Crippen molar-refractivity contribution >= 4 is 32.8 Å². The van der Waals surface area contributed by atoms with E-state index in [4.69, 9.17) is 0 Å². The van der Waals surface area contributed by atoms with Crippen molar-refractivity contribution in [3.63, 3.8) is 0 Å². The molecule has 0 spiro atoms. The lowest BCUT2D eigenvalue weighted by Crippen LogP contribution is -2.11. The van der Waals surface area contributed by atoms with E-state index in [1.807, 2.05) is 0 Å². The quantitative estimate of drug-likeness (QED) is 0.733. The Kier molecular flexibility index (Phi) is 4.88. The number of nitrogens with one attached hydrogen (secondary N) is 1. The van der Waals surface area contributed by atoms with E-state index >= 15 is 0 Å². The zero-order chi connectivity index (χ0) is 18.9. The highest BCUT2D eigenvalue weighted by Gasteiger charge is 2.17. The fraction of sp³-hybridized carbons (Fsp3) is 0.111. The molecule has 26 heavy (non-hydrogen) atoms. The van der Waals surface area contributed by atoms with Gasteiger partial charge in [-0.1, -0.05) is 0 Å². The number of hydrogen-bond donors (Lipinski definition) is 1. The van der Waals surface area contributed by atoms with E-state index < -0.39 is 9.84 Å². The molecule has 0 aliphatic rings. The Morgan fingerprint density at radius 3 is 2.27 bits per heavy atom. The Bertz CT molecular complexity index is 1060. The number of rotatable bonds is 4. The van der Waals surface area contributed by atoms with Crippen molar-refractivity contribution in [2.75, 3.05) is 11.6 Å². The van der Waals surface area contributed by atoms with Gasteiger partial charge in [-0.15, -0.1) is 11.3 Å². The van der Waals surface area contributed by atoms with Gasteiger partial charge in [0, 0.05) is 17.5 Å². The van der Waals surface area contributed by atoms with Crippen molar-refractivity contribution in [2.45, 2.75) is 11.8 Å². The summed E-state index contributed by atoms with van der Waals surface area (Å²) >= 11 is 1.21. The Labute approximate surface area is 154 Å². The van der Waals surface area contributed by atoms with Gasteiger partial charge in [-0.2, -0.15) is 0 Å². The molecule has 0 aliphatic carbocycles. The number of carbonyl (C=O) groups excluding carboxylic acids is 1. The molecular weight excluding hydrogens is 375 g/mol. The van der Waals surface area contributed by atoms with Crippen LogP contribution in [0.4, 0.5) is 10.1 Å². The van der Waals surface area contributed by atoms with Gasteiger partial charge in [-0.3, -0.25) is 4.79 Å². The van der Waals surface area contributed by atoms with Gasteiger partial charge < -0.3 is 5.32 Å². The summed E-state index contributed by atoms with van der Waals surface area (Å²) in [6.45, 7) is 1.73. The van der Waals surface area contributed by atoms with Crippen molar-refractivity contribution in [1.82, 2.24) is 4.98 Å². The summed E-state index contributed by atoms with van der Waals surface area (Å²) in [6.07, 6.45) is 1.12. The van der Waals surface area contributed by atoms with Crippen LogP contribution in [0.2, 0.25) is 0 Å². The van der Waals surface area contributed by atoms with Crippen LogP contribution in [0, 0.1) is 12.7 Å². The smallest absolute Gasteiger partial charge is 0.267 e. The number of amides is 1. The number of aryl methyl sites for hydroxylation is 1. The highest BCUT2D eigenvalue weighted by atomic mass is 32.2. The second-order valence-electron chi connectivity index (χ2n) is 5.69. The summed E-state index contributed by atoms with van der Waals surface area (Å²) in [5.74, 6) is -0.669. The van der Waals surface area contributed by atoms with Crippen LogP contribution in [0.3, 0.4) is 0 Å². The van der Waals surface area contributed by atoms with Gasteiger partial charge in [0.15, 0.2) is 9.84 Å². The minimum absolute atomic E-state index is 0.183. The molecule has 3 rings (SSSR count). The van der Waals surface area contributed by atoms with Crippen LogP contribution in [0.15, 0.2) is 53.4 Å². The van der Waals surface area contributed by atoms with Gasteiger partial charge in [0.2, 0.25) is 0 Å². The average molecular weight is 390 g/mol. The van der Waals surface area contributed by atoms with E-state index in [1.165, 1.54) is 47.7 Å². The zero-order valence-corrected chi connectivity index (χ0v) is 15.6. The molecule has 0 fully saturated rings. The number of thiazole rings is 1. The molecule has 0 bridgehead atoms. The molecule has 134 valence electrons. The Balaban J connectivity index is 1.81. The van der Waals surface area contributed by atoms with Gasteiger partial charge in [0.25, 0.3) is 5.91 Å². The Morgan fingerprint density at radius 2 is 1.69 bits per heavy atom. The lowest BCUT2D eigenvalue weighted by molar-refractivity contribution is 0.103. The summed E-state index contributed by atoms with van der Waals surface area (Å²) in [6, 6.07) is 11.8. The third kappa shape index (κ3) is 3.97. The van der Waals surface area contributed by atoms with Gasteiger partial charge >= 0.3 is 0 Å². The molecule has 5 nitrogen and oxygen atoms in total. The first kappa shape index (κ1) is 18.2. The van der Waals surface area contributed by atoms with Crippen LogP contribution in [0.5, 0.6) is 0 Å². The SMILES string of the molecule is Cc1nc(-c2ccc(F)cc2)sc1C(=O)Nc1ccc(S(C)(=O)=O)cc1. The van der Waals surface area contributed by atoms with E-state index in [2.05, 4.69) is 10.3 Å². The summed E-state index contributed by atoms with van der Waals surface area (Å²) in [5, 5.41) is 3.35. The lowest BCUT2D eigenvalue weighted by atomic mass is 10.2. The monoisotopic (exact) mass is 390 g/mol. The van der Waals surface area contributed by atoms with E-state index in [9.17, 15) is 17.6 Å². The number of nitrogens with zero attached hydrogens (tertiary/aromatic N) is 1. The van der Waals surface area contributed by atoms with E-state index in [0.717, 1.165) is 11.8 Å². The van der Waals surface area contributed by atoms with Crippen LogP contribution >= 0.6 is 11.3 Å². The summed E-state index contributed by atoms with van der Waals surface area (Å²) in [7, 11) is -3.28. The van der Waals surface area contributed by atoms with Crippen molar-refractivity contribution in [3.8, 4) is 10.6 Å². The van der Waals surface area contributed by atoms with Crippen LogP contribution < -0.4 is 5.32 Å². The lowest BCUT2D eigenvalue weighted by Gasteiger charge is -2.05. The van der Waals surface area contributed by atoms with Crippen LogP contribution in [0.1, 0.15) is 15.4 Å². The topological polar surface area (TPSA) is 76.1 Å². The number of halogens is 1. The molecule has 3 aromatic rings. The number of anilines is 1. The van der Waals surface area contributed by atoms with Gasteiger partial charge in [-0.25, -0.2) is 17.8 Å². The van der Waals surface area contributed by atoms with Gasteiger partial charge in [0.05, 0.1) is 10.6 Å². The molecule has 8 heteroatoms. The normalized spacial score (nSPS) is 11.3.